The van der Waals surface area contributed by atoms with Crippen molar-refractivity contribution in [1.29, 1.82) is 0 Å². The third kappa shape index (κ3) is 4.21. The smallest absolute Gasteiger partial charge is 0.181 e. The van der Waals surface area contributed by atoms with E-state index in [1.165, 1.54) is 25.7 Å². The molecule has 0 amide bonds. The van der Waals surface area contributed by atoms with Gasteiger partial charge in [-0.1, -0.05) is 57.9 Å². The maximum Gasteiger partial charge on any atom is 0.181 e. The van der Waals surface area contributed by atoms with Gasteiger partial charge in [0.1, 0.15) is 11.6 Å². The molecule has 0 aliphatic carbocycles. The third-order valence-corrected chi connectivity index (χ3v) is 4.73. The Labute approximate surface area is 155 Å². The van der Waals surface area contributed by atoms with Gasteiger partial charge in [0.05, 0.1) is 11.9 Å². The highest BCUT2D eigenvalue weighted by atomic mass is 15.2. The average molecular weight is 351 g/mol. The quantitative estimate of drug-likeness (QED) is 0.535. The van der Waals surface area contributed by atoms with Gasteiger partial charge in [0.25, 0.3) is 0 Å². The minimum absolute atomic E-state index is 0.531. The summed E-state index contributed by atoms with van der Waals surface area (Å²) in [5, 5.41) is 7.33. The molecule has 0 saturated carbocycles. The van der Waals surface area contributed by atoms with Crippen LogP contribution < -0.4 is 0 Å². The lowest BCUT2D eigenvalue weighted by molar-refractivity contribution is 0.538. The first-order chi connectivity index (χ1) is 12.7. The zero-order chi connectivity index (χ0) is 18.4. The van der Waals surface area contributed by atoms with E-state index in [1.54, 1.807) is 0 Å². The molecule has 2 aromatic heterocycles. The van der Waals surface area contributed by atoms with Gasteiger partial charge in [-0.05, 0) is 24.8 Å². The molecule has 0 spiro atoms. The van der Waals surface area contributed by atoms with Gasteiger partial charge in [-0.15, -0.1) is 0 Å². The van der Waals surface area contributed by atoms with E-state index in [1.807, 2.05) is 6.20 Å². The number of benzene rings is 1. The van der Waals surface area contributed by atoms with E-state index in [0.29, 0.717) is 5.92 Å². The van der Waals surface area contributed by atoms with Crippen LogP contribution in [0.5, 0.6) is 0 Å². The van der Waals surface area contributed by atoms with Crippen LogP contribution in [-0.2, 0) is 6.42 Å². The Hall–Kier alpha value is -2.43. The van der Waals surface area contributed by atoms with Gasteiger partial charge in [-0.3, -0.25) is 5.10 Å². The Bertz CT molecular complexity index is 794. The van der Waals surface area contributed by atoms with Crippen LogP contribution in [0.2, 0.25) is 0 Å². The molecule has 0 atom stereocenters. The molecule has 5 heteroatoms. The lowest BCUT2D eigenvalue weighted by Crippen LogP contribution is -2.00. The zero-order valence-electron chi connectivity index (χ0n) is 16.0. The van der Waals surface area contributed by atoms with Crippen LogP contribution >= 0.6 is 0 Å². The molecule has 1 aromatic carbocycles. The predicted octanol–water partition coefficient (Wildman–Crippen LogP) is 5.50. The Morgan fingerprint density at radius 3 is 2.27 bits per heavy atom. The summed E-state index contributed by atoms with van der Waals surface area (Å²) in [6.07, 6.45) is 8.69. The SMILES string of the molecule is CCCc1nc(-c2ccc(-c3cnc(C(CCC)CCC)[nH]3)cc2)n[nH]1. The first-order valence-corrected chi connectivity index (χ1v) is 9.82. The van der Waals surface area contributed by atoms with Gasteiger partial charge < -0.3 is 4.98 Å². The second-order valence-electron chi connectivity index (χ2n) is 6.89. The summed E-state index contributed by atoms with van der Waals surface area (Å²) in [4.78, 5) is 12.7. The molecule has 5 nitrogen and oxygen atoms in total. The van der Waals surface area contributed by atoms with Crippen molar-refractivity contribution in [3.63, 3.8) is 0 Å². The molecule has 0 radical (unpaired) electrons. The molecular formula is C21H29N5. The molecular weight excluding hydrogens is 322 g/mol. The van der Waals surface area contributed by atoms with E-state index in [4.69, 9.17) is 0 Å². The number of imidazole rings is 1. The fraction of sp³-hybridized carbons (Fsp3) is 0.476. The van der Waals surface area contributed by atoms with Crippen molar-refractivity contribution in [1.82, 2.24) is 25.1 Å². The largest absolute Gasteiger partial charge is 0.342 e. The monoisotopic (exact) mass is 351 g/mol. The summed E-state index contributed by atoms with van der Waals surface area (Å²) in [5.41, 5.74) is 3.25. The molecule has 0 saturated heterocycles. The van der Waals surface area contributed by atoms with Gasteiger partial charge >= 0.3 is 0 Å². The van der Waals surface area contributed by atoms with Crippen molar-refractivity contribution in [2.45, 2.75) is 65.2 Å². The number of H-pyrrole nitrogens is 2. The highest BCUT2D eigenvalue weighted by Gasteiger charge is 2.14. The fourth-order valence-electron chi connectivity index (χ4n) is 3.38. The van der Waals surface area contributed by atoms with Crippen LogP contribution in [0.25, 0.3) is 22.6 Å². The minimum atomic E-state index is 0.531. The maximum absolute atomic E-state index is 4.65. The van der Waals surface area contributed by atoms with Gasteiger partial charge in [-0.2, -0.15) is 5.10 Å². The summed E-state index contributed by atoms with van der Waals surface area (Å²) in [6, 6.07) is 8.36. The summed E-state index contributed by atoms with van der Waals surface area (Å²) in [6.45, 7) is 6.61. The average Bonchev–Trinajstić information content (AvgIpc) is 3.32. The second-order valence-corrected chi connectivity index (χ2v) is 6.89. The number of aromatic amines is 2. The molecule has 0 fully saturated rings. The molecule has 0 bridgehead atoms. The second kappa shape index (κ2) is 8.79. The maximum atomic E-state index is 4.65. The summed E-state index contributed by atoms with van der Waals surface area (Å²) in [7, 11) is 0. The van der Waals surface area contributed by atoms with Crippen LogP contribution in [0.1, 0.15) is 70.4 Å². The minimum Gasteiger partial charge on any atom is -0.342 e. The summed E-state index contributed by atoms with van der Waals surface area (Å²) < 4.78 is 0. The number of hydrogen-bond acceptors (Lipinski definition) is 3. The Morgan fingerprint density at radius 2 is 1.62 bits per heavy atom. The van der Waals surface area contributed by atoms with Crippen LogP contribution in [0.4, 0.5) is 0 Å². The van der Waals surface area contributed by atoms with Gasteiger partial charge in [-0.25, -0.2) is 9.97 Å². The molecule has 3 aromatic rings. The standard InChI is InChI=1S/C21H29N5/c1-4-7-16(8-5-2)20-22-14-18(23-20)15-10-12-17(13-11-15)21-24-19(9-6-3)25-26-21/h10-14,16H,4-9H2,1-3H3,(H,22,23)(H,24,25,26). The first-order valence-electron chi connectivity index (χ1n) is 9.82. The van der Waals surface area contributed by atoms with Crippen molar-refractivity contribution < 1.29 is 0 Å². The summed E-state index contributed by atoms with van der Waals surface area (Å²) in [5.74, 6) is 3.35. The molecule has 3 rings (SSSR count). The molecule has 0 unspecified atom stereocenters. The number of nitrogens with zero attached hydrogens (tertiary/aromatic N) is 3. The van der Waals surface area contributed by atoms with Crippen LogP contribution in [0.15, 0.2) is 30.5 Å². The fourth-order valence-corrected chi connectivity index (χ4v) is 3.38. The van der Waals surface area contributed by atoms with Crippen LogP contribution in [-0.4, -0.2) is 25.1 Å². The highest BCUT2D eigenvalue weighted by molar-refractivity contribution is 5.64. The van der Waals surface area contributed by atoms with Crippen LogP contribution in [0.3, 0.4) is 0 Å². The normalized spacial score (nSPS) is 11.4. The van der Waals surface area contributed by atoms with Crippen molar-refractivity contribution in [2.24, 2.45) is 0 Å². The number of aromatic nitrogens is 5. The van der Waals surface area contributed by atoms with Gasteiger partial charge in [0.2, 0.25) is 0 Å². The lowest BCUT2D eigenvalue weighted by atomic mass is 9.98. The lowest BCUT2D eigenvalue weighted by Gasteiger charge is -2.11. The number of rotatable bonds is 9. The van der Waals surface area contributed by atoms with Crippen molar-refractivity contribution in [2.75, 3.05) is 0 Å². The van der Waals surface area contributed by atoms with Crippen LogP contribution in [0, 0.1) is 0 Å². The third-order valence-electron chi connectivity index (χ3n) is 4.73. The number of aryl methyl sites for hydroxylation is 1. The van der Waals surface area contributed by atoms with E-state index in [-0.39, 0.29) is 0 Å². The number of hydrogen-bond donors (Lipinski definition) is 2. The summed E-state index contributed by atoms with van der Waals surface area (Å²) >= 11 is 0. The van der Waals surface area contributed by atoms with Gasteiger partial charge in [0, 0.05) is 17.9 Å². The van der Waals surface area contributed by atoms with Crippen molar-refractivity contribution in [3.8, 4) is 22.6 Å². The Morgan fingerprint density at radius 1 is 0.923 bits per heavy atom. The molecule has 2 N–H and O–H groups in total. The molecule has 26 heavy (non-hydrogen) atoms. The van der Waals surface area contributed by atoms with E-state index in [2.05, 4.69) is 70.2 Å². The molecule has 0 aliphatic heterocycles. The highest BCUT2D eigenvalue weighted by Crippen LogP contribution is 2.27. The van der Waals surface area contributed by atoms with Gasteiger partial charge in [0.15, 0.2) is 5.82 Å². The molecule has 0 aliphatic rings. The molecule has 138 valence electrons. The van der Waals surface area contributed by atoms with E-state index in [9.17, 15) is 0 Å². The van der Waals surface area contributed by atoms with Crippen molar-refractivity contribution >= 4 is 0 Å². The Balaban J connectivity index is 1.76. The van der Waals surface area contributed by atoms with E-state index < -0.39 is 0 Å². The van der Waals surface area contributed by atoms with E-state index in [0.717, 1.165) is 47.1 Å². The topological polar surface area (TPSA) is 70.2 Å². The van der Waals surface area contributed by atoms with E-state index >= 15 is 0 Å². The Kier molecular flexibility index (Phi) is 6.21. The molecule has 2 heterocycles. The van der Waals surface area contributed by atoms with Crippen molar-refractivity contribution in [3.05, 3.63) is 42.1 Å². The number of nitrogens with one attached hydrogen (secondary N) is 2. The predicted molar refractivity (Wildman–Crippen MR) is 106 cm³/mol. The zero-order valence-corrected chi connectivity index (χ0v) is 16.0. The first kappa shape index (κ1) is 18.4.